The minimum absolute atomic E-state index is 0.137. The van der Waals surface area contributed by atoms with Gasteiger partial charge in [-0.3, -0.25) is 13.9 Å². The van der Waals surface area contributed by atoms with Gasteiger partial charge in [-0.1, -0.05) is 59.3 Å². The van der Waals surface area contributed by atoms with Crippen LogP contribution in [0.1, 0.15) is 16.7 Å². The Kier molecular flexibility index (Phi) is 5.01. The van der Waals surface area contributed by atoms with Crippen molar-refractivity contribution in [2.75, 3.05) is 5.32 Å². The van der Waals surface area contributed by atoms with Gasteiger partial charge in [0.05, 0.1) is 17.4 Å². The monoisotopic (exact) mass is 460 g/mol. The van der Waals surface area contributed by atoms with Crippen molar-refractivity contribution in [2.24, 2.45) is 9.50 Å². The second-order valence-corrected chi connectivity index (χ2v) is 9.20. The van der Waals surface area contributed by atoms with Gasteiger partial charge in [0, 0.05) is 5.39 Å². The van der Waals surface area contributed by atoms with Gasteiger partial charge in [-0.05, 0) is 42.3 Å². The topological polar surface area (TPSA) is 119 Å². The summed E-state index contributed by atoms with van der Waals surface area (Å²) in [4.78, 5) is 13.8. The molecule has 3 aromatic carbocycles. The third-order valence-corrected chi connectivity index (χ3v) is 6.80. The number of fused-ring (bicyclic) bond motifs is 2. The minimum Gasteiger partial charge on any atom is -0.506 e. The fourth-order valence-electron chi connectivity index (χ4n) is 3.73. The first-order valence-electron chi connectivity index (χ1n) is 10.1. The van der Waals surface area contributed by atoms with Crippen LogP contribution in [-0.4, -0.2) is 30.9 Å². The second-order valence-electron chi connectivity index (χ2n) is 7.54. The number of nitrogens with one attached hydrogen (secondary N) is 1. The van der Waals surface area contributed by atoms with E-state index in [9.17, 15) is 19.0 Å². The van der Waals surface area contributed by atoms with Crippen molar-refractivity contribution < 1.29 is 14.2 Å². The van der Waals surface area contributed by atoms with Crippen molar-refractivity contribution in [2.45, 2.75) is 11.8 Å². The van der Waals surface area contributed by atoms with Gasteiger partial charge in [0.1, 0.15) is 16.2 Å². The van der Waals surface area contributed by atoms with E-state index in [0.717, 1.165) is 11.1 Å². The van der Waals surface area contributed by atoms with Crippen LogP contribution in [0.3, 0.4) is 0 Å². The molecule has 1 aromatic heterocycles. The summed E-state index contributed by atoms with van der Waals surface area (Å²) in [6, 6.07) is 21.0. The third-order valence-electron chi connectivity index (χ3n) is 5.42. The van der Waals surface area contributed by atoms with E-state index < -0.39 is 16.3 Å². The minimum atomic E-state index is -3.57. The molecule has 8 nitrogen and oxygen atoms in total. The molecule has 0 saturated carbocycles. The first-order chi connectivity index (χ1) is 15.9. The highest BCUT2D eigenvalue weighted by atomic mass is 32.3. The summed E-state index contributed by atoms with van der Waals surface area (Å²) in [5.74, 6) is -0.458. The van der Waals surface area contributed by atoms with Crippen LogP contribution >= 0.6 is 10.8 Å². The van der Waals surface area contributed by atoms with Gasteiger partial charge in [0.15, 0.2) is 5.84 Å². The molecular weight excluding hydrogens is 440 g/mol. The van der Waals surface area contributed by atoms with E-state index in [0.29, 0.717) is 16.6 Å². The number of anilines is 1. The van der Waals surface area contributed by atoms with Crippen molar-refractivity contribution in [3.05, 3.63) is 99.8 Å². The second kappa shape index (κ2) is 7.89. The average Bonchev–Trinajstić information content (AvgIpc) is 2.80. The van der Waals surface area contributed by atoms with E-state index in [2.05, 4.69) is 14.8 Å². The lowest BCUT2D eigenvalue weighted by molar-refractivity contribution is 0.478. The van der Waals surface area contributed by atoms with Crippen LogP contribution in [-0.2, 0) is 0 Å². The zero-order valence-corrected chi connectivity index (χ0v) is 18.3. The van der Waals surface area contributed by atoms with Crippen LogP contribution in [0.25, 0.3) is 10.9 Å². The molecule has 0 atom stereocenters. The number of nitrogens with zero attached hydrogens (tertiary/aromatic N) is 3. The number of pyridine rings is 1. The molecule has 0 amide bonds. The first-order valence-corrected chi connectivity index (χ1v) is 11.6. The van der Waals surface area contributed by atoms with Crippen LogP contribution in [0.2, 0.25) is 0 Å². The normalized spacial score (nSPS) is 15.7. The summed E-state index contributed by atoms with van der Waals surface area (Å²) < 4.78 is 26.4. The predicted molar refractivity (Wildman–Crippen MR) is 132 cm³/mol. The maximum Gasteiger partial charge on any atom is 0.286 e. The van der Waals surface area contributed by atoms with E-state index in [1.54, 1.807) is 54.7 Å². The van der Waals surface area contributed by atoms with Crippen molar-refractivity contribution in [1.82, 2.24) is 4.68 Å². The summed E-state index contributed by atoms with van der Waals surface area (Å²) in [5, 5.41) is 18.7. The Balaban J connectivity index is 1.74. The first kappa shape index (κ1) is 21.0. The molecule has 2 heterocycles. The van der Waals surface area contributed by atoms with Crippen LogP contribution in [0.15, 0.2) is 92.0 Å². The molecule has 0 spiro atoms. The summed E-state index contributed by atoms with van der Waals surface area (Å²) in [6.45, 7) is 1.94. The zero-order chi connectivity index (χ0) is 23.2. The highest BCUT2D eigenvalue weighted by Gasteiger charge is 2.30. The summed E-state index contributed by atoms with van der Waals surface area (Å²) >= 11 is 0. The molecule has 4 aromatic rings. The number of aromatic nitrogens is 1. The van der Waals surface area contributed by atoms with E-state index in [1.807, 2.05) is 31.2 Å². The molecule has 0 bridgehead atoms. The molecule has 4 N–H and O–H groups in total. The van der Waals surface area contributed by atoms with Crippen LogP contribution in [0.5, 0.6) is 5.75 Å². The summed E-state index contributed by atoms with van der Waals surface area (Å²) in [5.41, 5.74) is 1.75. The molecule has 5 rings (SSSR count). The molecule has 33 heavy (non-hydrogen) atoms. The van der Waals surface area contributed by atoms with E-state index in [4.69, 9.17) is 0 Å². The number of rotatable bonds is 3. The van der Waals surface area contributed by atoms with Gasteiger partial charge >= 0.3 is 0 Å². The third kappa shape index (κ3) is 3.58. The maximum atomic E-state index is 13.5. The number of aryl methyl sites for hydroxylation is 1. The molecule has 0 unspecified atom stereocenters. The number of hydrogen-bond acceptors (Lipinski definition) is 7. The summed E-state index contributed by atoms with van der Waals surface area (Å²) in [6.07, 6.45) is 1.57. The number of hydrogen-bond donors (Lipinski definition) is 4. The lowest BCUT2D eigenvalue weighted by Gasteiger charge is -2.34. The lowest BCUT2D eigenvalue weighted by Crippen LogP contribution is -2.31. The Bertz CT molecular complexity index is 1520. The van der Waals surface area contributed by atoms with Crippen molar-refractivity contribution in [3.63, 3.8) is 0 Å². The number of amidine groups is 1. The largest absolute Gasteiger partial charge is 0.506 e. The molecule has 166 valence electrons. The van der Waals surface area contributed by atoms with Crippen molar-refractivity contribution in [3.8, 4) is 5.75 Å². The Labute approximate surface area is 190 Å². The molecule has 9 heteroatoms. The molecule has 0 radical (unpaired) electrons. The van der Waals surface area contributed by atoms with Crippen LogP contribution < -0.4 is 10.9 Å². The fraction of sp³-hybridized carbons (Fsp3) is 0.0417. The van der Waals surface area contributed by atoms with Gasteiger partial charge in [-0.15, -0.1) is 4.40 Å². The van der Waals surface area contributed by atoms with Crippen molar-refractivity contribution in [1.29, 1.82) is 0 Å². The van der Waals surface area contributed by atoms with E-state index in [1.165, 1.54) is 4.68 Å². The van der Waals surface area contributed by atoms with Crippen molar-refractivity contribution >= 4 is 39.4 Å². The quantitative estimate of drug-likeness (QED) is 0.328. The van der Waals surface area contributed by atoms with Gasteiger partial charge in [0.2, 0.25) is 0 Å². The van der Waals surface area contributed by atoms with Gasteiger partial charge in [-0.2, -0.15) is 9.78 Å². The van der Waals surface area contributed by atoms with E-state index >= 15 is 0 Å². The highest BCUT2D eigenvalue weighted by molar-refractivity contribution is 8.23. The molecule has 1 aliphatic rings. The lowest BCUT2D eigenvalue weighted by atomic mass is 10.1. The number of para-hydroxylation sites is 2. The smallest absolute Gasteiger partial charge is 0.286 e. The van der Waals surface area contributed by atoms with Gasteiger partial charge in [0.25, 0.3) is 5.56 Å². The average molecular weight is 461 g/mol. The number of aromatic hydroxyl groups is 1. The SMILES string of the molecule is Cc1ccccc1/C=N/n1c(=O)c(C2=NS(O)(O)c3ccccc3N2)c(O)c2ccccc21. The molecule has 0 aliphatic carbocycles. The molecule has 0 fully saturated rings. The highest BCUT2D eigenvalue weighted by Crippen LogP contribution is 2.55. The van der Waals surface area contributed by atoms with Crippen LogP contribution in [0.4, 0.5) is 5.69 Å². The Morgan fingerprint density at radius 3 is 2.52 bits per heavy atom. The molecular formula is C24H20N4O4S. The fourth-order valence-corrected chi connectivity index (χ4v) is 4.90. The number of benzene rings is 3. The molecule has 0 saturated heterocycles. The standard InChI is InChI=1S/C24H20N4O4S/c1-15-8-2-3-9-16(15)14-25-28-19-12-6-4-10-17(19)22(29)21(24(28)30)23-26-18-11-5-7-13-20(18)33(31,32)27-23/h2-14,29,31-32H,1H3,(H,26,27)/b25-14+. The Morgan fingerprint density at radius 2 is 1.70 bits per heavy atom. The predicted octanol–water partition coefficient (Wildman–Crippen LogP) is 4.79. The molecule has 1 aliphatic heterocycles. The van der Waals surface area contributed by atoms with E-state index in [-0.39, 0.29) is 22.0 Å². The Hall–Kier alpha value is -3.92. The summed E-state index contributed by atoms with van der Waals surface area (Å²) in [7, 11) is -3.57. The van der Waals surface area contributed by atoms with Crippen LogP contribution in [0, 0.1) is 6.92 Å². The Morgan fingerprint density at radius 1 is 1.00 bits per heavy atom. The zero-order valence-electron chi connectivity index (χ0n) is 17.5. The van der Waals surface area contributed by atoms with Gasteiger partial charge < -0.3 is 10.4 Å². The van der Waals surface area contributed by atoms with Gasteiger partial charge in [-0.25, -0.2) is 0 Å². The maximum absolute atomic E-state index is 13.5.